The van der Waals surface area contributed by atoms with Gasteiger partial charge in [0, 0.05) is 6.54 Å². The zero-order valence-corrected chi connectivity index (χ0v) is 16.6. The first-order valence-electron chi connectivity index (χ1n) is 9.18. The van der Waals surface area contributed by atoms with Gasteiger partial charge in [-0.1, -0.05) is 12.1 Å². The average Bonchev–Trinajstić information content (AvgIpc) is 3.20. The number of hydrogen-bond donors (Lipinski definition) is 1. The number of H-pyrrole nitrogens is 1. The molecule has 1 aliphatic heterocycles. The number of nitrogens with one attached hydrogen (secondary N) is 1. The van der Waals surface area contributed by atoms with Gasteiger partial charge in [0.1, 0.15) is 16.9 Å². The van der Waals surface area contributed by atoms with Crippen molar-refractivity contribution in [1.82, 2.24) is 20.1 Å². The molecular formula is C19H23F3N4O3. The summed E-state index contributed by atoms with van der Waals surface area (Å²) in [7, 11) is 0. The maximum Gasteiger partial charge on any atom is 0.573 e. The van der Waals surface area contributed by atoms with Crippen LogP contribution >= 0.6 is 0 Å². The number of hydrogen-bond acceptors (Lipinski definition) is 5. The van der Waals surface area contributed by atoms with Crippen LogP contribution in [-0.4, -0.2) is 44.7 Å². The fourth-order valence-electron chi connectivity index (χ4n) is 3.31. The lowest BCUT2D eigenvalue weighted by Gasteiger charge is -2.34. The summed E-state index contributed by atoms with van der Waals surface area (Å²) < 4.78 is 47.7. The molecule has 0 unspecified atom stereocenters. The smallest absolute Gasteiger partial charge is 0.444 e. The fourth-order valence-corrected chi connectivity index (χ4v) is 3.31. The number of likely N-dealkylation sites (tertiary alicyclic amines) is 1. The lowest BCUT2D eigenvalue weighted by molar-refractivity contribution is -0.274. The summed E-state index contributed by atoms with van der Waals surface area (Å²) in [4.78, 5) is 18.6. The van der Waals surface area contributed by atoms with E-state index in [0.29, 0.717) is 18.8 Å². The Morgan fingerprint density at radius 1 is 1.24 bits per heavy atom. The Bertz CT molecular complexity index is 891. The van der Waals surface area contributed by atoms with Crippen molar-refractivity contribution in [3.05, 3.63) is 30.1 Å². The Kier molecular flexibility index (Phi) is 5.22. The van der Waals surface area contributed by atoms with Crippen LogP contribution in [0.5, 0.6) is 5.75 Å². The third-order valence-corrected chi connectivity index (χ3v) is 4.60. The molecule has 0 aliphatic carbocycles. The summed E-state index contributed by atoms with van der Waals surface area (Å²) in [5.41, 5.74) is -1.37. The highest BCUT2D eigenvalue weighted by Gasteiger charge is 2.45. The highest BCUT2D eigenvalue weighted by molar-refractivity contribution is 5.70. The van der Waals surface area contributed by atoms with Crippen LogP contribution in [0, 0.1) is 0 Å². The molecule has 29 heavy (non-hydrogen) atoms. The molecule has 1 amide bonds. The largest absolute Gasteiger partial charge is 0.573 e. The lowest BCUT2D eigenvalue weighted by Crippen LogP contribution is -2.46. The van der Waals surface area contributed by atoms with E-state index in [1.54, 1.807) is 31.7 Å². The van der Waals surface area contributed by atoms with Crippen LogP contribution in [0.1, 0.15) is 46.4 Å². The first-order chi connectivity index (χ1) is 13.4. The van der Waals surface area contributed by atoms with Crippen molar-refractivity contribution in [2.24, 2.45) is 0 Å². The zero-order valence-electron chi connectivity index (χ0n) is 16.6. The molecule has 1 aliphatic rings. The number of nitrogens with zero attached hydrogens (tertiary/aromatic N) is 3. The number of alkyl halides is 3. The maximum atomic E-state index is 12.7. The van der Waals surface area contributed by atoms with Crippen molar-refractivity contribution in [2.45, 2.75) is 58.0 Å². The van der Waals surface area contributed by atoms with Gasteiger partial charge in [-0.15, -0.1) is 13.2 Å². The quantitative estimate of drug-likeness (QED) is 0.796. The Morgan fingerprint density at radius 2 is 1.93 bits per heavy atom. The third kappa shape index (κ3) is 4.63. The fraction of sp³-hybridized carbons (Fsp3) is 0.526. The molecule has 1 N–H and O–H groups in total. The molecule has 158 valence electrons. The van der Waals surface area contributed by atoms with Gasteiger partial charge in [0.05, 0.1) is 5.56 Å². The van der Waals surface area contributed by atoms with Crippen molar-refractivity contribution < 1.29 is 27.4 Å². The van der Waals surface area contributed by atoms with Gasteiger partial charge in [0.2, 0.25) is 0 Å². The lowest BCUT2D eigenvalue weighted by atomic mass is 9.98. The number of halogens is 3. The normalized spacial score (nSPS) is 20.0. The standard InChI is InChI=1S/C19H23F3N4O3/c1-17(2,3)29-16(27)26-11-7-10-18(26,4)15-23-14(24-25-15)12-8-5-6-9-13(12)28-19(20,21)22/h5-6,8-9H,7,10-11H2,1-4H3,(H,23,24,25)/t18-/m0/s1. The van der Waals surface area contributed by atoms with Gasteiger partial charge in [-0.3, -0.25) is 10.00 Å². The third-order valence-electron chi connectivity index (χ3n) is 4.60. The first kappa shape index (κ1) is 20.9. The molecule has 0 saturated carbocycles. The first-order valence-corrected chi connectivity index (χ1v) is 9.18. The molecule has 1 saturated heterocycles. The molecular weight excluding hydrogens is 389 g/mol. The molecule has 2 aromatic rings. The SMILES string of the molecule is CC(C)(C)OC(=O)N1CCC[C@@]1(C)c1nc(-c2ccccc2OC(F)(F)F)n[nH]1. The van der Waals surface area contributed by atoms with Crippen molar-refractivity contribution in [1.29, 1.82) is 0 Å². The number of benzene rings is 1. The van der Waals surface area contributed by atoms with E-state index in [-0.39, 0.29) is 11.4 Å². The van der Waals surface area contributed by atoms with Crippen molar-refractivity contribution in [3.63, 3.8) is 0 Å². The monoisotopic (exact) mass is 412 g/mol. The van der Waals surface area contributed by atoms with E-state index < -0.39 is 29.3 Å². The van der Waals surface area contributed by atoms with Gasteiger partial charge in [-0.2, -0.15) is 5.10 Å². The summed E-state index contributed by atoms with van der Waals surface area (Å²) in [5.74, 6) is 0.0286. The van der Waals surface area contributed by atoms with Crippen LogP contribution in [0.25, 0.3) is 11.4 Å². The van der Waals surface area contributed by atoms with Crippen LogP contribution in [0.2, 0.25) is 0 Å². The number of amides is 1. The van der Waals surface area contributed by atoms with Crippen LogP contribution in [-0.2, 0) is 10.3 Å². The number of para-hydroxylation sites is 1. The highest BCUT2D eigenvalue weighted by atomic mass is 19.4. The summed E-state index contributed by atoms with van der Waals surface area (Å²) in [6, 6.07) is 5.64. The number of rotatable bonds is 3. The number of carbonyl (C=O) groups is 1. The van der Waals surface area contributed by atoms with Crippen LogP contribution in [0.4, 0.5) is 18.0 Å². The van der Waals surface area contributed by atoms with Gasteiger partial charge < -0.3 is 9.47 Å². The van der Waals surface area contributed by atoms with Crippen LogP contribution < -0.4 is 4.74 Å². The van der Waals surface area contributed by atoms with Gasteiger partial charge in [-0.25, -0.2) is 9.78 Å². The van der Waals surface area contributed by atoms with E-state index >= 15 is 0 Å². The second-order valence-corrected chi connectivity index (χ2v) is 8.06. The average molecular weight is 412 g/mol. The molecule has 1 atom stereocenters. The molecule has 7 nitrogen and oxygen atoms in total. The van der Waals surface area contributed by atoms with Crippen molar-refractivity contribution in [2.75, 3.05) is 6.54 Å². The van der Waals surface area contributed by atoms with E-state index in [1.165, 1.54) is 18.2 Å². The molecule has 0 bridgehead atoms. The Hall–Kier alpha value is -2.78. The Labute approximate surface area is 166 Å². The summed E-state index contributed by atoms with van der Waals surface area (Å²) in [6.07, 6.45) is -3.96. The molecule has 3 rings (SSSR count). The molecule has 1 aromatic heterocycles. The van der Waals surface area contributed by atoms with Crippen molar-refractivity contribution >= 4 is 6.09 Å². The highest BCUT2D eigenvalue weighted by Crippen LogP contribution is 2.39. The van der Waals surface area contributed by atoms with E-state index in [4.69, 9.17) is 4.74 Å². The summed E-state index contributed by atoms with van der Waals surface area (Å²) >= 11 is 0. The van der Waals surface area contributed by atoms with E-state index in [2.05, 4.69) is 19.9 Å². The van der Waals surface area contributed by atoms with Gasteiger partial charge in [0.15, 0.2) is 11.6 Å². The number of aromatic amines is 1. The molecule has 1 fully saturated rings. The minimum absolute atomic E-state index is 0.0529. The molecule has 0 spiro atoms. The zero-order chi connectivity index (χ0) is 21.4. The van der Waals surface area contributed by atoms with Crippen molar-refractivity contribution in [3.8, 4) is 17.1 Å². The van der Waals surface area contributed by atoms with E-state index in [9.17, 15) is 18.0 Å². The predicted molar refractivity (Wildman–Crippen MR) is 98.0 cm³/mol. The van der Waals surface area contributed by atoms with Gasteiger partial charge in [0.25, 0.3) is 0 Å². The van der Waals surface area contributed by atoms with Crippen LogP contribution in [0.3, 0.4) is 0 Å². The molecule has 2 heterocycles. The maximum absolute atomic E-state index is 12.7. The van der Waals surface area contributed by atoms with Crippen LogP contribution in [0.15, 0.2) is 24.3 Å². The molecule has 0 radical (unpaired) electrons. The van der Waals surface area contributed by atoms with E-state index in [0.717, 1.165) is 6.42 Å². The Balaban J connectivity index is 1.91. The number of aromatic nitrogens is 3. The topological polar surface area (TPSA) is 80.3 Å². The van der Waals surface area contributed by atoms with Gasteiger partial charge in [-0.05, 0) is 52.7 Å². The second-order valence-electron chi connectivity index (χ2n) is 8.06. The molecule has 1 aromatic carbocycles. The minimum Gasteiger partial charge on any atom is -0.444 e. The Morgan fingerprint density at radius 3 is 2.59 bits per heavy atom. The minimum atomic E-state index is -4.83. The summed E-state index contributed by atoms with van der Waals surface area (Å²) in [5, 5.41) is 6.85. The second kappa shape index (κ2) is 7.23. The van der Waals surface area contributed by atoms with Gasteiger partial charge >= 0.3 is 12.5 Å². The van der Waals surface area contributed by atoms with E-state index in [1.807, 2.05) is 6.92 Å². The number of ether oxygens (including phenoxy) is 2. The predicted octanol–water partition coefficient (Wildman–Crippen LogP) is 4.62. The molecule has 10 heteroatoms. The summed E-state index contributed by atoms with van der Waals surface area (Å²) in [6.45, 7) is 7.65. The number of carbonyl (C=O) groups excluding carboxylic acids is 1.